The average molecular weight is 272 g/mol. The fraction of sp³-hybridized carbons (Fsp3) is 0.727. The topological polar surface area (TPSA) is 21.1 Å². The lowest BCUT2D eigenvalue weighted by Gasteiger charge is -2.31. The van der Waals surface area contributed by atoms with Gasteiger partial charge in [-0.2, -0.15) is 5.10 Å². The van der Waals surface area contributed by atoms with Gasteiger partial charge in [0.25, 0.3) is 0 Å². The zero-order valence-corrected chi connectivity index (χ0v) is 10.8. The number of hydrogen-bond acceptors (Lipinski definition) is 2. The Morgan fingerprint density at radius 1 is 1.60 bits per heavy atom. The molecule has 3 nitrogen and oxygen atoms in total. The van der Waals surface area contributed by atoms with Gasteiger partial charge in [-0.05, 0) is 31.4 Å². The third-order valence-electron chi connectivity index (χ3n) is 2.98. The first-order chi connectivity index (χ1) is 7.28. The van der Waals surface area contributed by atoms with Crippen LogP contribution in [0.25, 0.3) is 0 Å². The van der Waals surface area contributed by atoms with E-state index in [2.05, 4.69) is 32.0 Å². The molecule has 84 valence electrons. The number of aromatic nitrogens is 2. The molecule has 0 aliphatic carbocycles. The maximum Gasteiger partial charge on any atom is 0.0764 e. The van der Waals surface area contributed by atoms with E-state index in [1.807, 2.05) is 17.9 Å². The Balaban J connectivity index is 1.88. The van der Waals surface area contributed by atoms with Gasteiger partial charge in [-0.15, -0.1) is 0 Å². The zero-order valence-electron chi connectivity index (χ0n) is 9.19. The van der Waals surface area contributed by atoms with Crippen LogP contribution >= 0.6 is 15.9 Å². The summed E-state index contributed by atoms with van der Waals surface area (Å²) in [5.74, 6) is 0.822. The van der Waals surface area contributed by atoms with Gasteiger partial charge in [0.1, 0.15) is 0 Å². The van der Waals surface area contributed by atoms with Gasteiger partial charge in [0, 0.05) is 31.7 Å². The summed E-state index contributed by atoms with van der Waals surface area (Å²) < 4.78 is 1.88. The second-order valence-corrected chi connectivity index (χ2v) is 5.03. The second-order valence-electron chi connectivity index (χ2n) is 4.38. The highest BCUT2D eigenvalue weighted by molar-refractivity contribution is 9.09. The van der Waals surface area contributed by atoms with Gasteiger partial charge in [0.15, 0.2) is 0 Å². The summed E-state index contributed by atoms with van der Waals surface area (Å²) in [6.07, 6.45) is 4.70. The molecule has 0 amide bonds. The fourth-order valence-corrected chi connectivity index (χ4v) is 2.73. The van der Waals surface area contributed by atoms with Gasteiger partial charge in [0.05, 0.1) is 5.69 Å². The third kappa shape index (κ3) is 3.05. The van der Waals surface area contributed by atoms with Crippen LogP contribution in [0.1, 0.15) is 18.5 Å². The van der Waals surface area contributed by atoms with E-state index in [1.165, 1.54) is 31.6 Å². The Morgan fingerprint density at radius 2 is 2.47 bits per heavy atom. The Labute approximate surface area is 99.6 Å². The number of alkyl halides is 1. The van der Waals surface area contributed by atoms with Crippen LogP contribution in [0, 0.1) is 5.92 Å². The van der Waals surface area contributed by atoms with Crippen LogP contribution in [0.3, 0.4) is 0 Å². The van der Waals surface area contributed by atoms with E-state index in [-0.39, 0.29) is 0 Å². The molecule has 0 saturated carbocycles. The molecule has 1 unspecified atom stereocenters. The Bertz CT molecular complexity index is 311. The van der Waals surface area contributed by atoms with E-state index < -0.39 is 0 Å². The lowest BCUT2D eigenvalue weighted by Crippen LogP contribution is -2.35. The monoisotopic (exact) mass is 271 g/mol. The van der Waals surface area contributed by atoms with Crippen LogP contribution in [0.5, 0.6) is 0 Å². The molecule has 1 aromatic heterocycles. The number of aryl methyl sites for hydroxylation is 1. The van der Waals surface area contributed by atoms with Crippen LogP contribution in [-0.4, -0.2) is 33.1 Å². The van der Waals surface area contributed by atoms with Crippen LogP contribution in [-0.2, 0) is 13.6 Å². The van der Waals surface area contributed by atoms with Crippen molar-refractivity contribution in [3.05, 3.63) is 18.0 Å². The van der Waals surface area contributed by atoms with Crippen molar-refractivity contribution in [1.29, 1.82) is 0 Å². The van der Waals surface area contributed by atoms with Crippen LogP contribution in [0.15, 0.2) is 12.3 Å². The summed E-state index contributed by atoms with van der Waals surface area (Å²) in [5.41, 5.74) is 1.19. The molecule has 1 aliphatic heterocycles. The molecular formula is C11H18BrN3. The lowest BCUT2D eigenvalue weighted by atomic mass is 10.0. The predicted octanol–water partition coefficient (Wildman–Crippen LogP) is 2.03. The molecule has 0 N–H and O–H groups in total. The van der Waals surface area contributed by atoms with Crippen LogP contribution in [0.4, 0.5) is 0 Å². The summed E-state index contributed by atoms with van der Waals surface area (Å²) in [5, 5.41) is 5.55. The maximum atomic E-state index is 4.42. The van der Waals surface area contributed by atoms with E-state index in [0.717, 1.165) is 17.8 Å². The Morgan fingerprint density at radius 3 is 3.13 bits per heavy atom. The van der Waals surface area contributed by atoms with Crippen LogP contribution < -0.4 is 0 Å². The van der Waals surface area contributed by atoms with Gasteiger partial charge >= 0.3 is 0 Å². The molecule has 4 heteroatoms. The summed E-state index contributed by atoms with van der Waals surface area (Å²) in [4.78, 5) is 2.51. The minimum Gasteiger partial charge on any atom is -0.297 e. The van der Waals surface area contributed by atoms with Crippen LogP contribution in [0.2, 0.25) is 0 Å². The predicted molar refractivity (Wildman–Crippen MR) is 65.0 cm³/mol. The highest BCUT2D eigenvalue weighted by Gasteiger charge is 2.19. The van der Waals surface area contributed by atoms with E-state index in [0.29, 0.717) is 0 Å². The molecule has 2 rings (SSSR count). The Hall–Kier alpha value is -0.350. The van der Waals surface area contributed by atoms with Crippen molar-refractivity contribution in [2.45, 2.75) is 19.4 Å². The number of halogens is 1. The SMILES string of the molecule is Cn1ccc(CN2CCCC(CBr)C2)n1. The van der Waals surface area contributed by atoms with Crippen molar-refractivity contribution in [2.75, 3.05) is 18.4 Å². The Kier molecular flexibility index (Phi) is 3.81. The highest BCUT2D eigenvalue weighted by atomic mass is 79.9. The first-order valence-electron chi connectivity index (χ1n) is 5.55. The summed E-state index contributed by atoms with van der Waals surface area (Å²) in [7, 11) is 1.97. The normalized spacial score (nSPS) is 23.2. The summed E-state index contributed by atoms with van der Waals surface area (Å²) >= 11 is 3.58. The van der Waals surface area contributed by atoms with Crippen molar-refractivity contribution in [2.24, 2.45) is 13.0 Å². The molecule has 0 bridgehead atoms. The molecular weight excluding hydrogens is 254 g/mol. The summed E-state index contributed by atoms with van der Waals surface area (Å²) in [6.45, 7) is 3.44. The number of rotatable bonds is 3. The van der Waals surface area contributed by atoms with Crippen molar-refractivity contribution in [1.82, 2.24) is 14.7 Å². The molecule has 0 radical (unpaired) electrons. The molecule has 0 aromatic carbocycles. The largest absolute Gasteiger partial charge is 0.297 e. The molecule has 15 heavy (non-hydrogen) atoms. The van der Waals surface area contributed by atoms with Gasteiger partial charge in [-0.25, -0.2) is 0 Å². The van der Waals surface area contributed by atoms with Gasteiger partial charge in [-0.1, -0.05) is 15.9 Å². The first kappa shape index (κ1) is 11.1. The number of likely N-dealkylation sites (tertiary alicyclic amines) is 1. The second kappa shape index (κ2) is 5.12. The zero-order chi connectivity index (χ0) is 10.7. The molecule has 2 heterocycles. The standard InChI is InChI=1S/C11H18BrN3/c1-14-6-4-11(13-14)9-15-5-2-3-10(7-12)8-15/h4,6,10H,2-3,5,7-9H2,1H3. The first-order valence-corrected chi connectivity index (χ1v) is 6.67. The number of piperidine rings is 1. The van der Waals surface area contributed by atoms with E-state index in [1.54, 1.807) is 0 Å². The highest BCUT2D eigenvalue weighted by Crippen LogP contribution is 2.19. The van der Waals surface area contributed by atoms with Gasteiger partial charge < -0.3 is 0 Å². The summed E-state index contributed by atoms with van der Waals surface area (Å²) in [6, 6.07) is 2.11. The van der Waals surface area contributed by atoms with E-state index in [9.17, 15) is 0 Å². The van der Waals surface area contributed by atoms with Gasteiger partial charge in [-0.3, -0.25) is 9.58 Å². The minimum atomic E-state index is 0.822. The van der Waals surface area contributed by atoms with Crippen molar-refractivity contribution in [3.8, 4) is 0 Å². The number of hydrogen-bond donors (Lipinski definition) is 0. The fourth-order valence-electron chi connectivity index (χ4n) is 2.20. The van der Waals surface area contributed by atoms with Crippen molar-refractivity contribution < 1.29 is 0 Å². The smallest absolute Gasteiger partial charge is 0.0764 e. The van der Waals surface area contributed by atoms with E-state index >= 15 is 0 Å². The molecule has 1 atom stereocenters. The third-order valence-corrected chi connectivity index (χ3v) is 3.89. The molecule has 1 aromatic rings. The number of nitrogens with zero attached hydrogens (tertiary/aromatic N) is 3. The maximum absolute atomic E-state index is 4.42. The van der Waals surface area contributed by atoms with Gasteiger partial charge in [0.2, 0.25) is 0 Å². The quantitative estimate of drug-likeness (QED) is 0.785. The lowest BCUT2D eigenvalue weighted by molar-refractivity contribution is 0.177. The molecule has 1 aliphatic rings. The molecule has 0 spiro atoms. The minimum absolute atomic E-state index is 0.822. The molecule has 1 fully saturated rings. The molecule has 1 saturated heterocycles. The average Bonchev–Trinajstić information content (AvgIpc) is 2.64. The van der Waals surface area contributed by atoms with Crippen molar-refractivity contribution in [3.63, 3.8) is 0 Å². The van der Waals surface area contributed by atoms with Crippen molar-refractivity contribution >= 4 is 15.9 Å². The van der Waals surface area contributed by atoms with E-state index in [4.69, 9.17) is 0 Å².